The summed E-state index contributed by atoms with van der Waals surface area (Å²) in [6, 6.07) is 6.07. The quantitative estimate of drug-likeness (QED) is 0.339. The number of carbonyl (C=O) groups excluding carboxylic acids is 1. The van der Waals surface area contributed by atoms with Crippen molar-refractivity contribution in [3.8, 4) is 11.3 Å². The van der Waals surface area contributed by atoms with Gasteiger partial charge in [0.15, 0.2) is 0 Å². The minimum atomic E-state index is -0.629. The first kappa shape index (κ1) is 26.2. The predicted molar refractivity (Wildman–Crippen MR) is 130 cm³/mol. The molecule has 2 aromatic rings. The van der Waals surface area contributed by atoms with E-state index in [1.807, 2.05) is 6.20 Å². The maximum atomic E-state index is 12.2. The summed E-state index contributed by atoms with van der Waals surface area (Å²) in [6.07, 6.45) is 1.27. The van der Waals surface area contributed by atoms with Crippen molar-refractivity contribution >= 4 is 6.09 Å². The molecule has 180 valence electrons. The Bertz CT molecular complexity index is 984. The summed E-state index contributed by atoms with van der Waals surface area (Å²) in [5.74, 6) is 0. The Morgan fingerprint density at radius 1 is 1.09 bits per heavy atom. The normalized spacial score (nSPS) is 13.2. The second-order valence-corrected chi connectivity index (χ2v) is 11.4. The lowest BCUT2D eigenvalue weighted by Crippen LogP contribution is -2.43. The minimum Gasteiger partial charge on any atom is -0.444 e. The first-order valence-corrected chi connectivity index (χ1v) is 11.2. The van der Waals surface area contributed by atoms with E-state index in [0.29, 0.717) is 0 Å². The average Bonchev–Trinajstić information content (AvgIpc) is 3.11. The summed E-state index contributed by atoms with van der Waals surface area (Å²) in [7, 11) is 0. The van der Waals surface area contributed by atoms with E-state index in [4.69, 9.17) is 10.3 Å². The monoisotopic (exact) mass is 455 g/mol. The molecule has 0 saturated carbocycles. The smallest absolute Gasteiger partial charge is 0.407 e. The third-order valence-corrected chi connectivity index (χ3v) is 4.99. The number of hydrogen-bond acceptors (Lipinski definition) is 5. The Morgan fingerprint density at radius 2 is 1.67 bits per heavy atom. The van der Waals surface area contributed by atoms with Crippen molar-refractivity contribution in [3.63, 3.8) is 0 Å². The number of carbonyl (C=O) groups is 1. The fraction of sp³-hybridized carbons (Fsp3) is 0.625. The Labute approximate surface area is 196 Å². The van der Waals surface area contributed by atoms with E-state index >= 15 is 0 Å². The molecule has 0 bridgehead atoms. The van der Waals surface area contributed by atoms with Gasteiger partial charge in [0.1, 0.15) is 11.3 Å². The number of rotatable bonds is 6. The van der Waals surface area contributed by atoms with Gasteiger partial charge in [0, 0.05) is 17.0 Å². The summed E-state index contributed by atoms with van der Waals surface area (Å²) in [5, 5.41) is 15.0. The van der Waals surface area contributed by atoms with Gasteiger partial charge in [-0.25, -0.2) is 9.48 Å². The summed E-state index contributed by atoms with van der Waals surface area (Å²) < 4.78 is 6.96. The van der Waals surface area contributed by atoms with Crippen LogP contribution in [0.15, 0.2) is 29.5 Å². The molecule has 0 aliphatic heterocycles. The first-order chi connectivity index (χ1) is 15.1. The molecule has 1 amide bonds. The fourth-order valence-electron chi connectivity index (χ4n) is 3.15. The fourth-order valence-corrected chi connectivity index (χ4v) is 3.15. The van der Waals surface area contributed by atoms with E-state index in [-0.39, 0.29) is 23.9 Å². The molecule has 1 N–H and O–H groups in total. The Kier molecular flexibility index (Phi) is 7.80. The minimum absolute atomic E-state index is 0.0102. The lowest BCUT2D eigenvalue weighted by molar-refractivity contribution is 0.0500. The summed E-state index contributed by atoms with van der Waals surface area (Å²) in [4.78, 5) is 15.0. The zero-order valence-electron chi connectivity index (χ0n) is 21.3. The average molecular weight is 456 g/mol. The van der Waals surface area contributed by atoms with Gasteiger partial charge in [-0.1, -0.05) is 57.9 Å². The molecule has 9 heteroatoms. The Balaban J connectivity index is 2.31. The molecule has 0 aliphatic rings. The van der Waals surface area contributed by atoms with Gasteiger partial charge in [0.25, 0.3) is 0 Å². The molecule has 9 nitrogen and oxygen atoms in total. The summed E-state index contributed by atoms with van der Waals surface area (Å²) in [5.41, 5.74) is 12.3. The highest BCUT2D eigenvalue weighted by Crippen LogP contribution is 2.33. The van der Waals surface area contributed by atoms with Crippen LogP contribution in [0.3, 0.4) is 0 Å². The van der Waals surface area contributed by atoms with E-state index in [1.54, 1.807) is 25.5 Å². The van der Waals surface area contributed by atoms with E-state index in [0.717, 1.165) is 11.3 Å². The summed E-state index contributed by atoms with van der Waals surface area (Å²) >= 11 is 0. The van der Waals surface area contributed by atoms with Crippen LogP contribution in [-0.4, -0.2) is 39.3 Å². The standard InChI is InChI=1S/C24H37N7O2/c1-22(2,3)17-10-16(11-18(12-17)23(4,5)6)20-15-31(30-28-20)14-19(13-26-29-25)27-21(32)33-24(7,8)9/h10-12,15,19H,13-14H2,1-9H3,(H,27,32)/t19-/m0/s1. The Morgan fingerprint density at radius 3 is 2.15 bits per heavy atom. The van der Waals surface area contributed by atoms with Crippen LogP contribution >= 0.6 is 0 Å². The molecule has 0 fully saturated rings. The second-order valence-electron chi connectivity index (χ2n) is 11.4. The van der Waals surface area contributed by atoms with Crippen molar-refractivity contribution in [2.24, 2.45) is 5.11 Å². The number of azide groups is 1. The van der Waals surface area contributed by atoms with Gasteiger partial charge in [-0.05, 0) is 60.4 Å². The lowest BCUT2D eigenvalue weighted by Gasteiger charge is -2.26. The van der Waals surface area contributed by atoms with Crippen LogP contribution in [0.25, 0.3) is 21.7 Å². The van der Waals surface area contributed by atoms with Gasteiger partial charge in [0.2, 0.25) is 0 Å². The third-order valence-electron chi connectivity index (χ3n) is 4.99. The number of amides is 1. The lowest BCUT2D eigenvalue weighted by atomic mass is 9.79. The molecule has 1 heterocycles. The number of aromatic nitrogens is 3. The van der Waals surface area contributed by atoms with Gasteiger partial charge in [-0.3, -0.25) is 0 Å². The molecular weight excluding hydrogens is 418 g/mol. The zero-order valence-corrected chi connectivity index (χ0v) is 21.3. The van der Waals surface area contributed by atoms with Crippen molar-refractivity contribution in [2.45, 2.75) is 91.3 Å². The second kappa shape index (κ2) is 9.83. The molecule has 2 rings (SSSR count). The van der Waals surface area contributed by atoms with Crippen LogP contribution in [0.5, 0.6) is 0 Å². The molecular formula is C24H37N7O2. The van der Waals surface area contributed by atoms with Crippen LogP contribution in [-0.2, 0) is 22.1 Å². The van der Waals surface area contributed by atoms with Gasteiger partial charge in [-0.15, -0.1) is 5.10 Å². The number of benzene rings is 1. The van der Waals surface area contributed by atoms with E-state index in [2.05, 4.69) is 85.4 Å². The van der Waals surface area contributed by atoms with Crippen LogP contribution < -0.4 is 5.32 Å². The maximum absolute atomic E-state index is 12.2. The zero-order chi connectivity index (χ0) is 25.0. The number of nitrogens with one attached hydrogen (secondary N) is 1. The first-order valence-electron chi connectivity index (χ1n) is 11.2. The van der Waals surface area contributed by atoms with Crippen molar-refractivity contribution in [1.29, 1.82) is 0 Å². The topological polar surface area (TPSA) is 118 Å². The number of nitrogens with zero attached hydrogens (tertiary/aromatic N) is 6. The van der Waals surface area contributed by atoms with Crippen molar-refractivity contribution in [1.82, 2.24) is 20.3 Å². The van der Waals surface area contributed by atoms with Gasteiger partial charge < -0.3 is 10.1 Å². The van der Waals surface area contributed by atoms with E-state index in [1.165, 1.54) is 11.1 Å². The summed E-state index contributed by atoms with van der Waals surface area (Å²) in [6.45, 7) is 18.9. The molecule has 33 heavy (non-hydrogen) atoms. The van der Waals surface area contributed by atoms with Gasteiger partial charge >= 0.3 is 6.09 Å². The van der Waals surface area contributed by atoms with Crippen LogP contribution in [0.2, 0.25) is 0 Å². The molecule has 0 aliphatic carbocycles. The number of alkyl carbamates (subject to hydrolysis) is 1. The molecule has 0 saturated heterocycles. The molecule has 1 aromatic carbocycles. The highest BCUT2D eigenvalue weighted by molar-refractivity contribution is 5.68. The largest absolute Gasteiger partial charge is 0.444 e. The Hall–Kier alpha value is -3.06. The van der Waals surface area contributed by atoms with Crippen molar-refractivity contribution in [2.75, 3.05) is 6.54 Å². The highest BCUT2D eigenvalue weighted by Gasteiger charge is 2.23. The predicted octanol–water partition coefficient (Wildman–Crippen LogP) is 5.74. The number of hydrogen-bond donors (Lipinski definition) is 1. The molecule has 1 atom stereocenters. The van der Waals surface area contributed by atoms with Crippen LogP contribution in [0.4, 0.5) is 4.79 Å². The molecule has 0 radical (unpaired) electrons. The van der Waals surface area contributed by atoms with Crippen LogP contribution in [0, 0.1) is 0 Å². The van der Waals surface area contributed by atoms with Crippen molar-refractivity contribution < 1.29 is 9.53 Å². The van der Waals surface area contributed by atoms with Crippen LogP contribution in [0.1, 0.15) is 73.4 Å². The third kappa shape index (κ3) is 8.09. The molecule has 0 spiro atoms. The maximum Gasteiger partial charge on any atom is 0.407 e. The number of ether oxygens (including phenoxy) is 1. The molecule has 0 unspecified atom stereocenters. The van der Waals surface area contributed by atoms with E-state index < -0.39 is 17.7 Å². The van der Waals surface area contributed by atoms with E-state index in [9.17, 15) is 4.79 Å². The SMILES string of the molecule is CC(C)(C)OC(=O)N[C@@H](CN=[N+]=[N-])Cn1cc(-c2cc(C(C)(C)C)cc(C(C)(C)C)c2)nn1. The highest BCUT2D eigenvalue weighted by atomic mass is 16.6. The van der Waals surface area contributed by atoms with Gasteiger partial charge in [0.05, 0.1) is 18.8 Å². The van der Waals surface area contributed by atoms with Gasteiger partial charge in [-0.2, -0.15) is 0 Å². The molecule has 1 aromatic heterocycles. The van der Waals surface area contributed by atoms with Crippen molar-refractivity contribution in [3.05, 3.63) is 46.0 Å².